The van der Waals surface area contributed by atoms with Gasteiger partial charge in [0.15, 0.2) is 11.2 Å². The van der Waals surface area contributed by atoms with E-state index in [9.17, 15) is 0 Å². The Hall–Kier alpha value is -6.38. The molecule has 0 amide bonds. The van der Waals surface area contributed by atoms with Gasteiger partial charge in [0.1, 0.15) is 11.3 Å². The number of furan rings is 2. The lowest BCUT2D eigenvalue weighted by atomic mass is 9.84. The first-order valence-electron chi connectivity index (χ1n) is 16.9. The van der Waals surface area contributed by atoms with Crippen LogP contribution < -0.4 is 0 Å². The molecule has 228 valence electrons. The molecule has 0 radical (unpaired) electrons. The molecule has 10 aromatic rings. The second-order valence-electron chi connectivity index (χ2n) is 13.2. The Balaban J connectivity index is 1.26. The van der Waals surface area contributed by atoms with Crippen molar-refractivity contribution in [3.63, 3.8) is 0 Å². The van der Waals surface area contributed by atoms with Crippen molar-refractivity contribution in [2.24, 2.45) is 0 Å². The van der Waals surface area contributed by atoms with Gasteiger partial charge < -0.3 is 8.83 Å². The number of hydrogen-bond acceptors (Lipinski definition) is 2. The van der Waals surface area contributed by atoms with Gasteiger partial charge in [-0.1, -0.05) is 133 Å². The van der Waals surface area contributed by atoms with E-state index >= 15 is 0 Å². The lowest BCUT2D eigenvalue weighted by molar-refractivity contribution is 0.611. The van der Waals surface area contributed by atoms with Crippen molar-refractivity contribution in [1.29, 1.82) is 0 Å². The van der Waals surface area contributed by atoms with E-state index in [0.29, 0.717) is 0 Å². The summed E-state index contributed by atoms with van der Waals surface area (Å²) in [6.07, 6.45) is 0.989. The summed E-state index contributed by atoms with van der Waals surface area (Å²) in [5.41, 5.74) is 13.8. The van der Waals surface area contributed by atoms with Crippen LogP contribution in [0.25, 0.3) is 99.2 Å². The summed E-state index contributed by atoms with van der Waals surface area (Å²) >= 11 is 0. The number of fused-ring (bicyclic) bond motifs is 10. The van der Waals surface area contributed by atoms with E-state index in [2.05, 4.69) is 140 Å². The van der Waals surface area contributed by atoms with E-state index in [1.165, 1.54) is 60.5 Å². The zero-order valence-electron chi connectivity index (χ0n) is 26.5. The molecule has 2 heteroatoms. The molecule has 2 heterocycles. The Bertz CT molecular complexity index is 2900. The number of para-hydroxylation sites is 1. The maximum absolute atomic E-state index is 6.75. The topological polar surface area (TPSA) is 26.3 Å². The van der Waals surface area contributed by atoms with Crippen LogP contribution in [0.5, 0.6) is 0 Å². The van der Waals surface area contributed by atoms with Crippen molar-refractivity contribution in [3.8, 4) is 44.7 Å². The highest BCUT2D eigenvalue weighted by Crippen LogP contribution is 2.49. The lowest BCUT2D eigenvalue weighted by Gasteiger charge is -2.19. The minimum Gasteiger partial charge on any atom is -0.452 e. The summed E-state index contributed by atoms with van der Waals surface area (Å²) in [5.74, 6) is 0.827. The standard InChI is InChI=1S/C47H28O2/c1-2-12-28(13-3-1)43-27-41-39(26-40-33-16-10-11-21-42(33)48-46(40)47(41)49-43)45-36-19-8-6-17-34(36)44(35-18-7-9-20-37(35)45)31-23-22-30-24-29-14-4-5-15-32(29)38(30)25-31/h1-23,25-27H,24H2. The van der Waals surface area contributed by atoms with Gasteiger partial charge in [0.25, 0.3) is 0 Å². The van der Waals surface area contributed by atoms with Gasteiger partial charge in [-0.2, -0.15) is 0 Å². The average molecular weight is 625 g/mol. The summed E-state index contributed by atoms with van der Waals surface area (Å²) < 4.78 is 13.3. The van der Waals surface area contributed by atoms with Gasteiger partial charge in [0.05, 0.1) is 0 Å². The fourth-order valence-corrected chi connectivity index (χ4v) is 8.32. The van der Waals surface area contributed by atoms with E-state index in [0.717, 1.165) is 56.2 Å². The van der Waals surface area contributed by atoms with Gasteiger partial charge in [-0.3, -0.25) is 0 Å². The van der Waals surface area contributed by atoms with Crippen LogP contribution in [0.4, 0.5) is 0 Å². The van der Waals surface area contributed by atoms with Gasteiger partial charge in [-0.05, 0) is 96.7 Å². The summed E-state index contributed by atoms with van der Waals surface area (Å²) in [6, 6.07) is 56.8. The molecule has 49 heavy (non-hydrogen) atoms. The Kier molecular flexibility index (Phi) is 5.47. The van der Waals surface area contributed by atoms with Gasteiger partial charge in [0.2, 0.25) is 0 Å². The quantitative estimate of drug-likeness (QED) is 0.183. The maximum atomic E-state index is 6.75. The highest BCUT2D eigenvalue weighted by molar-refractivity contribution is 6.26. The van der Waals surface area contributed by atoms with Crippen LogP contribution in [-0.4, -0.2) is 0 Å². The largest absolute Gasteiger partial charge is 0.452 e. The van der Waals surface area contributed by atoms with Crippen LogP contribution in [0.15, 0.2) is 167 Å². The molecule has 0 spiro atoms. The van der Waals surface area contributed by atoms with Crippen molar-refractivity contribution < 1.29 is 8.83 Å². The van der Waals surface area contributed by atoms with Crippen molar-refractivity contribution in [2.45, 2.75) is 6.42 Å². The van der Waals surface area contributed by atoms with Crippen LogP contribution in [0.3, 0.4) is 0 Å². The molecule has 0 unspecified atom stereocenters. The highest BCUT2D eigenvalue weighted by atomic mass is 16.4. The molecular weight excluding hydrogens is 597 g/mol. The molecule has 8 aromatic carbocycles. The molecular formula is C47H28O2. The average Bonchev–Trinajstić information content (AvgIpc) is 3.87. The Morgan fingerprint density at radius 1 is 0.347 bits per heavy atom. The lowest BCUT2D eigenvalue weighted by Crippen LogP contribution is -1.92. The predicted molar refractivity (Wildman–Crippen MR) is 203 cm³/mol. The molecule has 0 fully saturated rings. The predicted octanol–water partition coefficient (Wildman–Crippen LogP) is 13.2. The molecule has 0 saturated heterocycles. The van der Waals surface area contributed by atoms with Crippen LogP contribution in [-0.2, 0) is 6.42 Å². The molecule has 0 aliphatic heterocycles. The van der Waals surface area contributed by atoms with E-state index in [1.807, 2.05) is 18.2 Å². The molecule has 2 nitrogen and oxygen atoms in total. The molecule has 0 bridgehead atoms. The molecule has 1 aliphatic rings. The summed E-state index contributed by atoms with van der Waals surface area (Å²) in [4.78, 5) is 0. The van der Waals surface area contributed by atoms with Gasteiger partial charge >= 0.3 is 0 Å². The summed E-state index contributed by atoms with van der Waals surface area (Å²) in [7, 11) is 0. The first-order chi connectivity index (χ1) is 24.3. The van der Waals surface area contributed by atoms with Crippen molar-refractivity contribution in [2.75, 3.05) is 0 Å². The number of benzene rings is 8. The molecule has 0 N–H and O–H groups in total. The Labute approximate surface area is 282 Å². The molecule has 2 aromatic heterocycles. The summed E-state index contributed by atoms with van der Waals surface area (Å²) in [6.45, 7) is 0. The second-order valence-corrected chi connectivity index (χ2v) is 13.2. The van der Waals surface area contributed by atoms with E-state index in [-0.39, 0.29) is 0 Å². The van der Waals surface area contributed by atoms with Gasteiger partial charge in [-0.25, -0.2) is 0 Å². The highest BCUT2D eigenvalue weighted by Gasteiger charge is 2.25. The van der Waals surface area contributed by atoms with Crippen LogP contribution in [0.2, 0.25) is 0 Å². The zero-order chi connectivity index (χ0) is 32.1. The number of hydrogen-bond donors (Lipinski definition) is 0. The first kappa shape index (κ1) is 26.7. The third kappa shape index (κ3) is 3.83. The van der Waals surface area contributed by atoms with Gasteiger partial charge in [-0.15, -0.1) is 0 Å². The van der Waals surface area contributed by atoms with E-state index in [4.69, 9.17) is 8.83 Å². The van der Waals surface area contributed by atoms with Crippen molar-refractivity contribution in [1.82, 2.24) is 0 Å². The third-order valence-corrected chi connectivity index (χ3v) is 10.5. The van der Waals surface area contributed by atoms with Crippen molar-refractivity contribution >= 4 is 54.5 Å². The Morgan fingerprint density at radius 2 is 0.959 bits per heavy atom. The summed E-state index contributed by atoms with van der Waals surface area (Å²) in [5, 5.41) is 8.09. The monoisotopic (exact) mass is 624 g/mol. The fourth-order valence-electron chi connectivity index (χ4n) is 8.32. The minimum absolute atomic E-state index is 0.775. The zero-order valence-corrected chi connectivity index (χ0v) is 26.5. The van der Waals surface area contributed by atoms with Crippen molar-refractivity contribution in [3.05, 3.63) is 169 Å². The van der Waals surface area contributed by atoms with Gasteiger partial charge in [0, 0.05) is 21.7 Å². The fraction of sp³-hybridized carbons (Fsp3) is 0.0213. The van der Waals surface area contributed by atoms with E-state index in [1.54, 1.807) is 0 Å². The molecule has 11 rings (SSSR count). The Morgan fingerprint density at radius 3 is 1.73 bits per heavy atom. The molecule has 0 atom stereocenters. The van der Waals surface area contributed by atoms with Crippen LogP contribution in [0, 0.1) is 0 Å². The number of rotatable bonds is 3. The SMILES string of the molecule is c1ccc(-c2cc3c(-c4c5ccccc5c(-c5ccc6c(c5)-c5ccccc5C6)c5ccccc45)cc4c5ccccc5oc4c3o2)cc1. The second kappa shape index (κ2) is 10.1. The first-order valence-corrected chi connectivity index (χ1v) is 16.9. The molecule has 0 saturated carbocycles. The maximum Gasteiger partial charge on any atom is 0.178 e. The minimum atomic E-state index is 0.775. The smallest absolute Gasteiger partial charge is 0.178 e. The molecule has 1 aliphatic carbocycles. The van der Waals surface area contributed by atoms with Crippen LogP contribution >= 0.6 is 0 Å². The normalized spacial score (nSPS) is 12.4. The van der Waals surface area contributed by atoms with Crippen LogP contribution in [0.1, 0.15) is 11.1 Å². The third-order valence-electron chi connectivity index (χ3n) is 10.5. The van der Waals surface area contributed by atoms with E-state index < -0.39 is 0 Å².